The zero-order valence-corrected chi connectivity index (χ0v) is 15.8. The van der Waals surface area contributed by atoms with Crippen LogP contribution in [0, 0.1) is 10.1 Å². The highest BCUT2D eigenvalue weighted by Gasteiger charge is 2.12. The second-order valence-electron chi connectivity index (χ2n) is 6.15. The molecule has 0 aromatic heterocycles. The first-order chi connectivity index (χ1) is 13.9. The van der Waals surface area contributed by atoms with Gasteiger partial charge in [-0.2, -0.15) is 0 Å². The number of ether oxygens (including phenoxy) is 1. The number of benzene rings is 2. The zero-order chi connectivity index (χ0) is 21.2. The number of carbonyl (C=O) groups is 3. The maximum atomic E-state index is 11.9. The van der Waals surface area contributed by atoms with E-state index in [1.807, 2.05) is 0 Å². The number of carbonyl (C=O) groups excluding carboxylic acids is 3. The third-order valence-electron chi connectivity index (χ3n) is 3.89. The van der Waals surface area contributed by atoms with Crippen LogP contribution in [0.5, 0.6) is 0 Å². The van der Waals surface area contributed by atoms with Crippen LogP contribution in [-0.2, 0) is 14.3 Å². The van der Waals surface area contributed by atoms with Gasteiger partial charge in [0.25, 0.3) is 11.6 Å². The van der Waals surface area contributed by atoms with Crippen molar-refractivity contribution in [3.63, 3.8) is 0 Å². The third-order valence-corrected chi connectivity index (χ3v) is 3.89. The van der Waals surface area contributed by atoms with Crippen LogP contribution in [0.4, 0.5) is 17.1 Å². The molecule has 0 unspecified atom stereocenters. The molecule has 0 fully saturated rings. The molecule has 0 aliphatic rings. The molecule has 2 rings (SSSR count). The van der Waals surface area contributed by atoms with Gasteiger partial charge < -0.3 is 15.4 Å². The Morgan fingerprint density at radius 1 is 1.10 bits per heavy atom. The van der Waals surface area contributed by atoms with Crippen molar-refractivity contribution in [2.24, 2.45) is 0 Å². The Morgan fingerprint density at radius 3 is 2.59 bits per heavy atom. The normalized spacial score (nSPS) is 10.1. The monoisotopic (exact) mass is 399 g/mol. The Morgan fingerprint density at radius 2 is 1.86 bits per heavy atom. The summed E-state index contributed by atoms with van der Waals surface area (Å²) in [5, 5.41) is 16.4. The number of para-hydroxylation sites is 2. The summed E-state index contributed by atoms with van der Waals surface area (Å²) in [6.45, 7) is 1.32. The largest absolute Gasteiger partial charge is 0.456 e. The van der Waals surface area contributed by atoms with Crippen molar-refractivity contribution in [3.05, 3.63) is 64.2 Å². The first-order valence-electron chi connectivity index (χ1n) is 8.90. The van der Waals surface area contributed by atoms with Gasteiger partial charge in [-0.25, -0.2) is 0 Å². The number of amides is 1. The molecule has 9 heteroatoms. The Bertz CT molecular complexity index is 913. The van der Waals surface area contributed by atoms with Crippen molar-refractivity contribution < 1.29 is 24.0 Å². The van der Waals surface area contributed by atoms with Gasteiger partial charge in [0.1, 0.15) is 5.69 Å². The number of ketones is 1. The van der Waals surface area contributed by atoms with Gasteiger partial charge in [-0.1, -0.05) is 24.3 Å². The van der Waals surface area contributed by atoms with E-state index in [0.717, 1.165) is 0 Å². The molecular formula is C20H21N3O6. The summed E-state index contributed by atoms with van der Waals surface area (Å²) < 4.78 is 4.91. The van der Waals surface area contributed by atoms with E-state index in [4.69, 9.17) is 4.74 Å². The highest BCUT2D eigenvalue weighted by Crippen LogP contribution is 2.23. The number of esters is 1. The van der Waals surface area contributed by atoms with Gasteiger partial charge in [0.15, 0.2) is 12.4 Å². The van der Waals surface area contributed by atoms with Crippen LogP contribution in [0.3, 0.4) is 0 Å². The van der Waals surface area contributed by atoms with Gasteiger partial charge in [-0.15, -0.1) is 0 Å². The van der Waals surface area contributed by atoms with Crippen molar-refractivity contribution >= 4 is 34.7 Å². The number of nitro groups is 1. The van der Waals surface area contributed by atoms with Gasteiger partial charge in [-0.3, -0.25) is 24.5 Å². The molecule has 2 aromatic rings. The van der Waals surface area contributed by atoms with Crippen molar-refractivity contribution in [2.75, 3.05) is 23.8 Å². The molecule has 0 heterocycles. The van der Waals surface area contributed by atoms with E-state index in [1.165, 1.54) is 19.1 Å². The molecule has 9 nitrogen and oxygen atoms in total. The molecule has 0 aliphatic carbocycles. The minimum Gasteiger partial charge on any atom is -0.456 e. The summed E-state index contributed by atoms with van der Waals surface area (Å²) in [6, 6.07) is 12.7. The minimum atomic E-state index is -0.554. The first kappa shape index (κ1) is 21.5. The van der Waals surface area contributed by atoms with Crippen LogP contribution >= 0.6 is 0 Å². The zero-order valence-electron chi connectivity index (χ0n) is 15.8. The number of hydrogen-bond acceptors (Lipinski definition) is 7. The fourth-order valence-corrected chi connectivity index (χ4v) is 2.47. The summed E-state index contributed by atoms with van der Waals surface area (Å²) in [6.07, 6.45) is 0.438. The lowest BCUT2D eigenvalue weighted by atomic mass is 10.1. The summed E-state index contributed by atoms with van der Waals surface area (Å²) >= 11 is 0. The van der Waals surface area contributed by atoms with E-state index in [-0.39, 0.29) is 17.9 Å². The molecule has 0 saturated carbocycles. The Labute approximate surface area is 167 Å². The average Bonchev–Trinajstić information content (AvgIpc) is 2.70. The van der Waals surface area contributed by atoms with Crippen LogP contribution in [-0.4, -0.2) is 35.7 Å². The van der Waals surface area contributed by atoms with Gasteiger partial charge >= 0.3 is 5.97 Å². The number of Topliss-reactive ketones (excluding diaryl/α,β-unsaturated/α-hetero) is 1. The van der Waals surface area contributed by atoms with E-state index >= 15 is 0 Å². The molecule has 0 radical (unpaired) electrons. The van der Waals surface area contributed by atoms with Gasteiger partial charge in [0.05, 0.1) is 4.92 Å². The predicted molar refractivity (Wildman–Crippen MR) is 107 cm³/mol. The fraction of sp³-hybridized carbons (Fsp3) is 0.250. The first-order valence-corrected chi connectivity index (χ1v) is 8.90. The second kappa shape index (κ2) is 10.5. The maximum absolute atomic E-state index is 11.9. The predicted octanol–water partition coefficient (Wildman–Crippen LogP) is 3.17. The Hall–Kier alpha value is -3.75. The van der Waals surface area contributed by atoms with E-state index in [2.05, 4.69) is 10.6 Å². The topological polar surface area (TPSA) is 128 Å². The van der Waals surface area contributed by atoms with Crippen LogP contribution in [0.2, 0.25) is 0 Å². The van der Waals surface area contributed by atoms with Gasteiger partial charge in [0, 0.05) is 30.3 Å². The summed E-state index contributed by atoms with van der Waals surface area (Å²) in [4.78, 5) is 45.4. The molecule has 0 aliphatic heterocycles. The second-order valence-corrected chi connectivity index (χ2v) is 6.15. The Balaban J connectivity index is 1.69. The standard InChI is InChI=1S/C20H21N3O6/c1-14(24)15-6-4-7-16(12-15)22-19(25)13-29-20(26)10-5-11-21-17-8-2-3-9-18(17)23(27)28/h2-4,6-9,12,21H,5,10-11,13H2,1H3,(H,22,25). The highest BCUT2D eigenvalue weighted by atomic mass is 16.6. The molecule has 0 spiro atoms. The van der Waals surface area contributed by atoms with Crippen molar-refractivity contribution in [1.82, 2.24) is 0 Å². The number of nitrogens with zero attached hydrogens (tertiary/aromatic N) is 1. The highest BCUT2D eigenvalue weighted by molar-refractivity contribution is 5.97. The maximum Gasteiger partial charge on any atom is 0.306 e. The third kappa shape index (κ3) is 7.06. The Kier molecular flexibility index (Phi) is 7.84. The fourth-order valence-electron chi connectivity index (χ4n) is 2.47. The molecule has 29 heavy (non-hydrogen) atoms. The number of rotatable bonds is 10. The quantitative estimate of drug-likeness (QED) is 0.206. The van der Waals surface area contributed by atoms with E-state index in [9.17, 15) is 24.5 Å². The van der Waals surface area contributed by atoms with Crippen molar-refractivity contribution in [1.29, 1.82) is 0 Å². The van der Waals surface area contributed by atoms with Crippen molar-refractivity contribution in [2.45, 2.75) is 19.8 Å². The molecule has 152 valence electrons. The summed E-state index contributed by atoms with van der Waals surface area (Å²) in [5.41, 5.74) is 1.23. The number of nitrogens with one attached hydrogen (secondary N) is 2. The molecule has 0 bridgehead atoms. The van der Waals surface area contributed by atoms with E-state index in [1.54, 1.807) is 36.4 Å². The minimum absolute atomic E-state index is 0.0411. The number of hydrogen-bond donors (Lipinski definition) is 2. The number of anilines is 2. The van der Waals surface area contributed by atoms with E-state index in [0.29, 0.717) is 29.9 Å². The van der Waals surface area contributed by atoms with Crippen LogP contribution < -0.4 is 10.6 Å². The molecule has 2 aromatic carbocycles. The smallest absolute Gasteiger partial charge is 0.306 e. The van der Waals surface area contributed by atoms with Gasteiger partial charge in [0.2, 0.25) is 0 Å². The molecule has 2 N–H and O–H groups in total. The van der Waals surface area contributed by atoms with E-state index < -0.39 is 23.4 Å². The van der Waals surface area contributed by atoms with Crippen LogP contribution in [0.25, 0.3) is 0 Å². The van der Waals surface area contributed by atoms with Crippen LogP contribution in [0.1, 0.15) is 30.1 Å². The number of nitro benzene ring substituents is 1. The summed E-state index contributed by atoms with van der Waals surface area (Å²) in [7, 11) is 0. The lowest BCUT2D eigenvalue weighted by Gasteiger charge is -2.08. The lowest BCUT2D eigenvalue weighted by Crippen LogP contribution is -2.21. The van der Waals surface area contributed by atoms with Gasteiger partial charge in [-0.05, 0) is 31.5 Å². The molecule has 0 saturated heterocycles. The summed E-state index contributed by atoms with van der Waals surface area (Å²) in [5.74, 6) is -1.19. The molecule has 1 amide bonds. The average molecular weight is 399 g/mol. The van der Waals surface area contributed by atoms with Crippen LogP contribution in [0.15, 0.2) is 48.5 Å². The molecular weight excluding hydrogens is 378 g/mol. The van der Waals surface area contributed by atoms with Crippen molar-refractivity contribution in [3.8, 4) is 0 Å². The lowest BCUT2D eigenvalue weighted by molar-refractivity contribution is -0.384. The SMILES string of the molecule is CC(=O)c1cccc(NC(=O)COC(=O)CCCNc2ccccc2[N+](=O)[O-])c1. The molecule has 0 atom stereocenters.